The van der Waals surface area contributed by atoms with Crippen molar-refractivity contribution in [3.63, 3.8) is 0 Å². The third kappa shape index (κ3) is 4.55. The Morgan fingerprint density at radius 1 is 1.07 bits per heavy atom. The highest BCUT2D eigenvalue weighted by Crippen LogP contribution is 2.28. The monoisotopic (exact) mass is 369 g/mol. The Bertz CT molecular complexity index is 812. The molecule has 0 atom stereocenters. The van der Waals surface area contributed by atoms with E-state index in [4.69, 9.17) is 4.74 Å². The number of amides is 1. The van der Waals surface area contributed by atoms with Gasteiger partial charge in [-0.25, -0.2) is 0 Å². The molecule has 1 aliphatic heterocycles. The van der Waals surface area contributed by atoms with Crippen LogP contribution < -0.4 is 15.0 Å². The molecule has 142 valence electrons. The number of carbonyl (C=O) groups is 1. The van der Waals surface area contributed by atoms with Crippen LogP contribution in [0.5, 0.6) is 5.75 Å². The van der Waals surface area contributed by atoms with Gasteiger partial charge in [-0.15, -0.1) is 0 Å². The molecule has 2 aromatic rings. The average molecular weight is 369 g/mol. The number of hydrogen-bond donors (Lipinski definition) is 1. The normalized spacial score (nSPS) is 14.3. The molecule has 1 heterocycles. The lowest BCUT2D eigenvalue weighted by molar-refractivity contribution is -0.385. The van der Waals surface area contributed by atoms with Crippen molar-refractivity contribution in [3.05, 3.63) is 58.1 Å². The second-order valence-electron chi connectivity index (χ2n) is 6.55. The number of methoxy groups -OCH3 is 1. The first-order valence-corrected chi connectivity index (χ1v) is 9.07. The largest absolute Gasteiger partial charge is 0.490 e. The third-order valence-electron chi connectivity index (χ3n) is 4.73. The summed E-state index contributed by atoms with van der Waals surface area (Å²) in [6.45, 7) is 2.11. The maximum absolute atomic E-state index is 12.4. The first-order valence-electron chi connectivity index (χ1n) is 9.07. The summed E-state index contributed by atoms with van der Waals surface area (Å²) in [7, 11) is 1.36. The molecule has 3 rings (SSSR count). The Hall–Kier alpha value is -3.09. The van der Waals surface area contributed by atoms with Crippen molar-refractivity contribution in [2.45, 2.75) is 25.7 Å². The van der Waals surface area contributed by atoms with Gasteiger partial charge >= 0.3 is 5.69 Å². The minimum absolute atomic E-state index is 0.123. The zero-order chi connectivity index (χ0) is 19.2. The number of rotatable bonds is 5. The first-order chi connectivity index (χ1) is 13.1. The van der Waals surface area contributed by atoms with Crippen molar-refractivity contribution in [1.29, 1.82) is 0 Å². The molecule has 1 aliphatic rings. The summed E-state index contributed by atoms with van der Waals surface area (Å²) in [4.78, 5) is 25.4. The SMILES string of the molecule is COc1ccc(C(=O)Nc2ccc(N3CCCCCC3)cc2)cc1[N+](=O)[O-]. The molecule has 0 unspecified atom stereocenters. The summed E-state index contributed by atoms with van der Waals surface area (Å²) in [6, 6.07) is 11.9. The zero-order valence-electron chi connectivity index (χ0n) is 15.3. The van der Waals surface area contributed by atoms with E-state index in [1.807, 2.05) is 24.3 Å². The maximum atomic E-state index is 12.4. The van der Waals surface area contributed by atoms with Crippen LogP contribution in [0, 0.1) is 10.1 Å². The molecule has 7 heteroatoms. The second kappa shape index (κ2) is 8.53. The Morgan fingerprint density at radius 2 is 1.74 bits per heavy atom. The van der Waals surface area contributed by atoms with Crippen LogP contribution in [-0.4, -0.2) is 31.0 Å². The van der Waals surface area contributed by atoms with Gasteiger partial charge in [-0.3, -0.25) is 14.9 Å². The summed E-state index contributed by atoms with van der Waals surface area (Å²) in [5, 5.41) is 13.9. The molecular formula is C20H23N3O4. The minimum atomic E-state index is -0.564. The Balaban J connectivity index is 1.70. The molecule has 27 heavy (non-hydrogen) atoms. The van der Waals surface area contributed by atoms with E-state index >= 15 is 0 Å². The van der Waals surface area contributed by atoms with Gasteiger partial charge in [-0.05, 0) is 49.2 Å². The Labute approximate surface area is 158 Å². The molecular weight excluding hydrogens is 346 g/mol. The Kier molecular flexibility index (Phi) is 5.90. The van der Waals surface area contributed by atoms with E-state index in [1.54, 1.807) is 0 Å². The van der Waals surface area contributed by atoms with Crippen LogP contribution in [0.1, 0.15) is 36.0 Å². The molecule has 1 amide bonds. The summed E-state index contributed by atoms with van der Waals surface area (Å²) in [6.07, 6.45) is 4.96. The van der Waals surface area contributed by atoms with Gasteiger partial charge in [0.05, 0.1) is 12.0 Å². The van der Waals surface area contributed by atoms with Crippen molar-refractivity contribution < 1.29 is 14.5 Å². The number of nitro benzene ring substituents is 1. The fourth-order valence-corrected chi connectivity index (χ4v) is 3.26. The van der Waals surface area contributed by atoms with Crippen LogP contribution in [0.4, 0.5) is 17.1 Å². The summed E-state index contributed by atoms with van der Waals surface area (Å²) in [5.41, 5.74) is 1.77. The number of anilines is 2. The molecule has 0 bridgehead atoms. The van der Waals surface area contributed by atoms with Gasteiger partial charge in [-0.1, -0.05) is 12.8 Å². The van der Waals surface area contributed by atoms with E-state index in [0.717, 1.165) is 18.8 Å². The van der Waals surface area contributed by atoms with Crippen LogP contribution >= 0.6 is 0 Å². The highest BCUT2D eigenvalue weighted by molar-refractivity contribution is 6.04. The summed E-state index contributed by atoms with van der Waals surface area (Å²) in [5.74, 6) is -0.276. The number of carbonyl (C=O) groups excluding carboxylic acids is 1. The fraction of sp³-hybridized carbons (Fsp3) is 0.350. The van der Waals surface area contributed by atoms with E-state index in [2.05, 4.69) is 10.2 Å². The summed E-state index contributed by atoms with van der Waals surface area (Å²) < 4.78 is 4.96. The standard InChI is InChI=1S/C20H23N3O4/c1-27-19-11-6-15(14-18(19)23(25)26)20(24)21-16-7-9-17(10-8-16)22-12-4-2-3-5-13-22/h6-11,14H,2-5,12-13H2,1H3,(H,21,24). The number of nitro groups is 1. The lowest BCUT2D eigenvalue weighted by Gasteiger charge is -2.22. The van der Waals surface area contributed by atoms with Crippen molar-refractivity contribution in [3.8, 4) is 5.75 Å². The van der Waals surface area contributed by atoms with Crippen LogP contribution in [0.2, 0.25) is 0 Å². The average Bonchev–Trinajstić information content (AvgIpc) is 2.97. The molecule has 0 aromatic heterocycles. The predicted molar refractivity (Wildman–Crippen MR) is 105 cm³/mol. The molecule has 0 radical (unpaired) electrons. The van der Waals surface area contributed by atoms with Gasteiger partial charge < -0.3 is 15.0 Å². The van der Waals surface area contributed by atoms with Gasteiger partial charge in [0.15, 0.2) is 5.75 Å². The number of nitrogens with one attached hydrogen (secondary N) is 1. The molecule has 1 fully saturated rings. The van der Waals surface area contributed by atoms with Gasteiger partial charge in [0.1, 0.15) is 0 Å². The van der Waals surface area contributed by atoms with Crippen LogP contribution in [0.3, 0.4) is 0 Å². The first kappa shape index (κ1) is 18.7. The fourth-order valence-electron chi connectivity index (χ4n) is 3.26. The van der Waals surface area contributed by atoms with E-state index in [-0.39, 0.29) is 17.0 Å². The predicted octanol–water partition coefficient (Wildman–Crippen LogP) is 4.24. The van der Waals surface area contributed by atoms with E-state index < -0.39 is 10.8 Å². The molecule has 0 aliphatic carbocycles. The van der Waals surface area contributed by atoms with Gasteiger partial charge in [0.2, 0.25) is 0 Å². The third-order valence-corrected chi connectivity index (χ3v) is 4.73. The van der Waals surface area contributed by atoms with Crippen LogP contribution in [0.15, 0.2) is 42.5 Å². The molecule has 1 N–H and O–H groups in total. The number of hydrogen-bond acceptors (Lipinski definition) is 5. The molecule has 2 aromatic carbocycles. The highest BCUT2D eigenvalue weighted by atomic mass is 16.6. The van der Waals surface area contributed by atoms with Gasteiger partial charge in [-0.2, -0.15) is 0 Å². The quantitative estimate of drug-likeness (QED) is 0.629. The van der Waals surface area contributed by atoms with Gasteiger partial charge in [0, 0.05) is 36.1 Å². The maximum Gasteiger partial charge on any atom is 0.311 e. The van der Waals surface area contributed by atoms with E-state index in [1.165, 1.54) is 51.0 Å². The van der Waals surface area contributed by atoms with E-state index in [9.17, 15) is 14.9 Å². The minimum Gasteiger partial charge on any atom is -0.490 e. The lowest BCUT2D eigenvalue weighted by atomic mass is 10.1. The van der Waals surface area contributed by atoms with Gasteiger partial charge in [0.25, 0.3) is 5.91 Å². The van der Waals surface area contributed by atoms with Crippen LogP contribution in [0.25, 0.3) is 0 Å². The topological polar surface area (TPSA) is 84.7 Å². The zero-order valence-corrected chi connectivity index (χ0v) is 15.3. The Morgan fingerprint density at radius 3 is 2.33 bits per heavy atom. The van der Waals surface area contributed by atoms with Crippen molar-refractivity contribution in [1.82, 2.24) is 0 Å². The molecule has 0 spiro atoms. The summed E-state index contributed by atoms with van der Waals surface area (Å²) >= 11 is 0. The lowest BCUT2D eigenvalue weighted by Crippen LogP contribution is -2.23. The molecule has 7 nitrogen and oxygen atoms in total. The molecule has 1 saturated heterocycles. The number of ether oxygens (including phenoxy) is 1. The van der Waals surface area contributed by atoms with Crippen LogP contribution in [-0.2, 0) is 0 Å². The van der Waals surface area contributed by atoms with E-state index in [0.29, 0.717) is 5.69 Å². The number of nitrogens with zero attached hydrogens (tertiary/aromatic N) is 2. The molecule has 0 saturated carbocycles. The number of benzene rings is 2. The van der Waals surface area contributed by atoms with Crippen molar-refractivity contribution in [2.24, 2.45) is 0 Å². The highest BCUT2D eigenvalue weighted by Gasteiger charge is 2.18. The van der Waals surface area contributed by atoms with Crippen molar-refractivity contribution >= 4 is 23.0 Å². The van der Waals surface area contributed by atoms with Crippen molar-refractivity contribution in [2.75, 3.05) is 30.4 Å². The smallest absolute Gasteiger partial charge is 0.311 e. The second-order valence-corrected chi connectivity index (χ2v) is 6.55.